The topological polar surface area (TPSA) is 93.2 Å². The van der Waals surface area contributed by atoms with Gasteiger partial charge in [0.1, 0.15) is 5.69 Å². The molecule has 0 aliphatic heterocycles. The fourth-order valence-corrected chi connectivity index (χ4v) is 1.40. The summed E-state index contributed by atoms with van der Waals surface area (Å²) in [5.74, 6) is -0.304. The van der Waals surface area contributed by atoms with Gasteiger partial charge in [0, 0.05) is 12.6 Å². The molecule has 0 aromatic carbocycles. The summed E-state index contributed by atoms with van der Waals surface area (Å²) in [5.41, 5.74) is 7.19. The summed E-state index contributed by atoms with van der Waals surface area (Å²) in [7, 11) is 0. The number of carbonyl (C=O) groups excluding carboxylic acids is 1. The minimum Gasteiger partial charge on any atom is -0.395 e. The highest BCUT2D eigenvalue weighted by atomic mass is 16.3. The van der Waals surface area contributed by atoms with Gasteiger partial charge in [-0.1, -0.05) is 0 Å². The molecule has 6 nitrogen and oxygen atoms in total. The van der Waals surface area contributed by atoms with E-state index in [9.17, 15) is 4.79 Å². The molecule has 90 valence electrons. The number of nitrogens with zero attached hydrogens (tertiary/aromatic N) is 2. The quantitative estimate of drug-likeness (QED) is 0.668. The van der Waals surface area contributed by atoms with E-state index in [-0.39, 0.29) is 18.6 Å². The second kappa shape index (κ2) is 4.98. The molecular weight excluding hydrogens is 208 g/mol. The lowest BCUT2D eigenvalue weighted by Crippen LogP contribution is -2.36. The van der Waals surface area contributed by atoms with Crippen LogP contribution in [0.4, 0.5) is 5.69 Å². The number of nitrogens with one attached hydrogen (secondary N) is 1. The number of nitrogens with two attached hydrogens (primary N) is 1. The second-order valence-electron chi connectivity index (χ2n) is 3.72. The van der Waals surface area contributed by atoms with E-state index in [2.05, 4.69) is 10.4 Å². The molecule has 1 aromatic heterocycles. The first-order valence-electron chi connectivity index (χ1n) is 5.25. The third-order valence-electron chi connectivity index (χ3n) is 2.34. The zero-order valence-corrected chi connectivity index (χ0v) is 9.82. The molecule has 0 bridgehead atoms. The third kappa shape index (κ3) is 2.33. The molecule has 6 heteroatoms. The van der Waals surface area contributed by atoms with Crippen LogP contribution in [0.3, 0.4) is 0 Å². The molecule has 1 amide bonds. The van der Waals surface area contributed by atoms with Crippen molar-refractivity contribution < 1.29 is 9.90 Å². The Balaban J connectivity index is 2.98. The number of nitrogen functional groups attached to an aromatic ring is 1. The van der Waals surface area contributed by atoms with Crippen molar-refractivity contribution in [1.29, 1.82) is 0 Å². The predicted molar refractivity (Wildman–Crippen MR) is 61.1 cm³/mol. The van der Waals surface area contributed by atoms with E-state index in [4.69, 9.17) is 10.8 Å². The van der Waals surface area contributed by atoms with Crippen molar-refractivity contribution in [2.75, 3.05) is 12.3 Å². The zero-order valence-electron chi connectivity index (χ0n) is 9.82. The van der Waals surface area contributed by atoms with Crippen LogP contribution in [0.25, 0.3) is 0 Å². The van der Waals surface area contributed by atoms with Crippen molar-refractivity contribution in [2.45, 2.75) is 33.4 Å². The van der Waals surface area contributed by atoms with Crippen molar-refractivity contribution in [3.8, 4) is 0 Å². The Morgan fingerprint density at radius 1 is 1.69 bits per heavy atom. The van der Waals surface area contributed by atoms with Crippen LogP contribution in [0, 0.1) is 6.92 Å². The van der Waals surface area contributed by atoms with Crippen molar-refractivity contribution in [2.24, 2.45) is 0 Å². The monoisotopic (exact) mass is 226 g/mol. The third-order valence-corrected chi connectivity index (χ3v) is 2.34. The summed E-state index contributed by atoms with van der Waals surface area (Å²) in [6, 6.07) is -0.299. The standard InChI is InChI=1S/C10H18N4O2/c1-4-14-9(8(11)7(3)13-14)10(16)12-6(2)5-15/h6,15H,4-5,11H2,1-3H3,(H,12,16)/t6-/m0/s1. The molecule has 0 saturated carbocycles. The maximum absolute atomic E-state index is 11.9. The van der Waals surface area contributed by atoms with Crippen LogP contribution in [0.2, 0.25) is 0 Å². The fraction of sp³-hybridized carbons (Fsp3) is 0.600. The highest BCUT2D eigenvalue weighted by molar-refractivity contribution is 5.98. The lowest BCUT2D eigenvalue weighted by Gasteiger charge is -2.11. The van der Waals surface area contributed by atoms with Gasteiger partial charge in [0.2, 0.25) is 0 Å². The number of amides is 1. The summed E-state index contributed by atoms with van der Waals surface area (Å²) in [5, 5.41) is 15.7. The van der Waals surface area contributed by atoms with E-state index in [1.54, 1.807) is 18.5 Å². The molecule has 1 rings (SSSR count). The van der Waals surface area contributed by atoms with E-state index in [0.717, 1.165) is 0 Å². The van der Waals surface area contributed by atoms with Crippen LogP contribution < -0.4 is 11.1 Å². The largest absolute Gasteiger partial charge is 0.395 e. The number of aryl methyl sites for hydroxylation is 2. The van der Waals surface area contributed by atoms with E-state index < -0.39 is 0 Å². The number of aromatic nitrogens is 2. The molecular formula is C10H18N4O2. The molecule has 16 heavy (non-hydrogen) atoms. The maximum atomic E-state index is 11.9. The normalized spacial score (nSPS) is 12.5. The Bertz CT molecular complexity index is 386. The summed E-state index contributed by atoms with van der Waals surface area (Å²) in [6.07, 6.45) is 0. The highest BCUT2D eigenvalue weighted by Crippen LogP contribution is 2.16. The van der Waals surface area contributed by atoms with Gasteiger partial charge in [-0.3, -0.25) is 9.48 Å². The molecule has 0 aliphatic rings. The first-order chi connectivity index (χ1) is 7.51. The molecule has 0 saturated heterocycles. The van der Waals surface area contributed by atoms with E-state index >= 15 is 0 Å². The number of aliphatic hydroxyl groups excluding tert-OH is 1. The molecule has 1 heterocycles. The Hall–Kier alpha value is -1.56. The molecule has 0 aliphatic carbocycles. The van der Waals surface area contributed by atoms with Crippen molar-refractivity contribution >= 4 is 11.6 Å². The Labute approximate surface area is 94.4 Å². The summed E-state index contributed by atoms with van der Waals surface area (Å²) < 4.78 is 1.56. The number of rotatable bonds is 4. The van der Waals surface area contributed by atoms with Gasteiger partial charge in [0.05, 0.1) is 18.0 Å². The van der Waals surface area contributed by atoms with Crippen molar-refractivity contribution in [3.05, 3.63) is 11.4 Å². The van der Waals surface area contributed by atoms with Crippen LogP contribution in [0.5, 0.6) is 0 Å². The molecule has 1 aromatic rings. The molecule has 0 spiro atoms. The van der Waals surface area contributed by atoms with Gasteiger partial charge in [0.25, 0.3) is 5.91 Å². The van der Waals surface area contributed by atoms with E-state index in [0.29, 0.717) is 23.6 Å². The number of hydrogen-bond donors (Lipinski definition) is 3. The average molecular weight is 226 g/mol. The molecule has 0 fully saturated rings. The van der Waals surface area contributed by atoms with Crippen LogP contribution in [-0.2, 0) is 6.54 Å². The van der Waals surface area contributed by atoms with Gasteiger partial charge in [-0.05, 0) is 20.8 Å². The minimum atomic E-state index is -0.304. The van der Waals surface area contributed by atoms with Crippen LogP contribution in [0.15, 0.2) is 0 Å². The van der Waals surface area contributed by atoms with Gasteiger partial charge in [0.15, 0.2) is 0 Å². The van der Waals surface area contributed by atoms with Crippen LogP contribution in [-0.4, -0.2) is 33.4 Å². The van der Waals surface area contributed by atoms with Crippen molar-refractivity contribution in [1.82, 2.24) is 15.1 Å². The van der Waals surface area contributed by atoms with Gasteiger partial charge < -0.3 is 16.2 Å². The molecule has 4 N–H and O–H groups in total. The van der Waals surface area contributed by atoms with Gasteiger partial charge in [-0.2, -0.15) is 5.10 Å². The number of aliphatic hydroxyl groups is 1. The first-order valence-corrected chi connectivity index (χ1v) is 5.25. The van der Waals surface area contributed by atoms with Crippen molar-refractivity contribution in [3.63, 3.8) is 0 Å². The fourth-order valence-electron chi connectivity index (χ4n) is 1.40. The predicted octanol–water partition coefficient (Wildman–Crippen LogP) is -0.0958. The Kier molecular flexibility index (Phi) is 3.89. The van der Waals surface area contributed by atoms with Crippen LogP contribution >= 0.6 is 0 Å². The Morgan fingerprint density at radius 3 is 2.81 bits per heavy atom. The second-order valence-corrected chi connectivity index (χ2v) is 3.72. The van der Waals surface area contributed by atoms with E-state index in [1.807, 2.05) is 6.92 Å². The molecule has 0 radical (unpaired) electrons. The highest BCUT2D eigenvalue weighted by Gasteiger charge is 2.19. The summed E-state index contributed by atoms with van der Waals surface area (Å²) in [4.78, 5) is 11.9. The van der Waals surface area contributed by atoms with E-state index in [1.165, 1.54) is 0 Å². The number of anilines is 1. The Morgan fingerprint density at radius 2 is 2.31 bits per heavy atom. The minimum absolute atomic E-state index is 0.106. The average Bonchev–Trinajstić information content (AvgIpc) is 2.54. The first kappa shape index (κ1) is 12.5. The summed E-state index contributed by atoms with van der Waals surface area (Å²) >= 11 is 0. The SMILES string of the molecule is CCn1nc(C)c(N)c1C(=O)N[C@@H](C)CO. The maximum Gasteiger partial charge on any atom is 0.272 e. The van der Waals surface area contributed by atoms with Crippen LogP contribution in [0.1, 0.15) is 30.0 Å². The van der Waals surface area contributed by atoms with Gasteiger partial charge in [-0.25, -0.2) is 0 Å². The summed E-state index contributed by atoms with van der Waals surface area (Å²) in [6.45, 7) is 5.83. The number of carbonyl (C=O) groups is 1. The van der Waals surface area contributed by atoms with Gasteiger partial charge >= 0.3 is 0 Å². The zero-order chi connectivity index (χ0) is 12.3. The molecule has 1 atom stereocenters. The molecule has 0 unspecified atom stereocenters. The smallest absolute Gasteiger partial charge is 0.272 e. The lowest BCUT2D eigenvalue weighted by atomic mass is 10.2. The van der Waals surface area contributed by atoms with Gasteiger partial charge in [-0.15, -0.1) is 0 Å². The lowest BCUT2D eigenvalue weighted by molar-refractivity contribution is 0.0912. The number of hydrogen-bond acceptors (Lipinski definition) is 4.